The summed E-state index contributed by atoms with van der Waals surface area (Å²) in [6.07, 6.45) is 4.26. The van der Waals surface area contributed by atoms with Crippen molar-refractivity contribution in [3.63, 3.8) is 0 Å². The number of rotatable bonds is 0. The maximum atomic E-state index is 12.1. The van der Waals surface area contributed by atoms with Gasteiger partial charge in [-0.15, -0.1) is 6.58 Å². The van der Waals surface area contributed by atoms with Crippen molar-refractivity contribution in [2.24, 2.45) is 11.3 Å². The lowest BCUT2D eigenvalue weighted by Crippen LogP contribution is -2.52. The topological polar surface area (TPSA) is 46.5 Å². The summed E-state index contributed by atoms with van der Waals surface area (Å²) < 4.78 is 5.80. The number of hydrogen-bond acceptors (Lipinski definition) is 3. The summed E-state index contributed by atoms with van der Waals surface area (Å²) in [4.78, 5) is 12.1. The molecule has 0 radical (unpaired) electrons. The smallest absolute Gasteiger partial charge is 0.423 e. The highest BCUT2D eigenvalue weighted by Gasteiger charge is 2.68. The van der Waals surface area contributed by atoms with Gasteiger partial charge in [0.25, 0.3) is 0 Å². The molecule has 1 aliphatic heterocycles. The summed E-state index contributed by atoms with van der Waals surface area (Å²) in [6.45, 7) is 5.96. The van der Waals surface area contributed by atoms with E-state index >= 15 is 0 Å². The first-order valence-electron chi connectivity index (χ1n) is 6.09. The molecule has 1 saturated heterocycles. The number of carbonyl (C=O) groups excluding carboxylic acids is 1. The average molecular weight is 220 g/mol. The second-order valence-corrected chi connectivity index (χ2v) is 5.63. The van der Waals surface area contributed by atoms with Crippen LogP contribution in [0.15, 0.2) is 12.1 Å². The number of Topliss-reactive ketones (excluding diaryl/α,β-unsaturated/α-hetero) is 1. The van der Waals surface area contributed by atoms with Crippen molar-refractivity contribution in [3.8, 4) is 0 Å². The summed E-state index contributed by atoms with van der Waals surface area (Å²) in [5, 5.41) is 9.84. The quantitative estimate of drug-likeness (QED) is 0.629. The minimum Gasteiger partial charge on any atom is -0.423 e. The Hall–Kier alpha value is -0.605. The first-order valence-corrected chi connectivity index (χ1v) is 6.09. The zero-order chi connectivity index (χ0) is 11.6. The molecule has 1 spiro atoms. The second-order valence-electron chi connectivity index (χ2n) is 5.63. The van der Waals surface area contributed by atoms with Crippen molar-refractivity contribution in [2.45, 2.75) is 44.6 Å². The Morgan fingerprint density at radius 3 is 3.06 bits per heavy atom. The van der Waals surface area contributed by atoms with E-state index in [2.05, 4.69) is 6.58 Å². The third kappa shape index (κ3) is 0.956. The fourth-order valence-electron chi connectivity index (χ4n) is 4.09. The van der Waals surface area contributed by atoms with E-state index in [-0.39, 0.29) is 5.92 Å². The molecule has 0 aromatic heterocycles. The van der Waals surface area contributed by atoms with Crippen LogP contribution in [0.4, 0.5) is 0 Å². The van der Waals surface area contributed by atoms with Gasteiger partial charge in [0.2, 0.25) is 0 Å². The Kier molecular flexibility index (Phi) is 1.97. The molecule has 3 fully saturated rings. The van der Waals surface area contributed by atoms with Crippen LogP contribution in [-0.2, 0) is 9.45 Å². The molecular weight excluding hydrogens is 203 g/mol. The Morgan fingerprint density at radius 1 is 1.56 bits per heavy atom. The van der Waals surface area contributed by atoms with Gasteiger partial charge in [0.05, 0.1) is 11.0 Å². The van der Waals surface area contributed by atoms with Crippen LogP contribution in [0.25, 0.3) is 0 Å². The molecule has 3 aliphatic rings. The molecule has 86 valence electrons. The van der Waals surface area contributed by atoms with Gasteiger partial charge in [-0.2, -0.15) is 0 Å². The summed E-state index contributed by atoms with van der Waals surface area (Å²) in [7, 11) is -0.867. The van der Waals surface area contributed by atoms with Gasteiger partial charge in [-0.1, -0.05) is 6.42 Å². The molecule has 3 nitrogen and oxygen atoms in total. The zero-order valence-electron chi connectivity index (χ0n) is 9.66. The standard InChI is InChI=1S/C12H17BO3/c1-8-9-4-3-6-11(2)10(14)5-7-12(9,11)16-13(8)15/h9,15H,1,3-7H2,2H3/t9?,11-,12+/m0/s1. The van der Waals surface area contributed by atoms with Crippen molar-refractivity contribution >= 4 is 12.9 Å². The van der Waals surface area contributed by atoms with Gasteiger partial charge in [0, 0.05) is 12.3 Å². The lowest BCUT2D eigenvalue weighted by Gasteiger charge is -2.47. The molecule has 0 aromatic rings. The fourth-order valence-corrected chi connectivity index (χ4v) is 4.09. The SMILES string of the molecule is C=C1B(O)O[C@@]23CCC(=O)[C@]2(C)CCCC13. The maximum absolute atomic E-state index is 12.1. The van der Waals surface area contributed by atoms with E-state index in [0.29, 0.717) is 12.2 Å². The highest BCUT2D eigenvalue weighted by Crippen LogP contribution is 2.62. The number of ketones is 1. The average Bonchev–Trinajstić information content (AvgIpc) is 2.65. The van der Waals surface area contributed by atoms with Crippen LogP contribution in [0, 0.1) is 11.3 Å². The molecule has 1 unspecified atom stereocenters. The predicted molar refractivity (Wildman–Crippen MR) is 60.6 cm³/mol. The van der Waals surface area contributed by atoms with Gasteiger partial charge in [0.1, 0.15) is 5.78 Å². The summed E-state index contributed by atoms with van der Waals surface area (Å²) in [6, 6.07) is 0. The molecule has 1 N–H and O–H groups in total. The first kappa shape index (κ1) is 10.5. The maximum Gasteiger partial charge on any atom is 0.487 e. The lowest BCUT2D eigenvalue weighted by atomic mass is 9.58. The van der Waals surface area contributed by atoms with Crippen LogP contribution in [0.5, 0.6) is 0 Å². The molecule has 3 rings (SSSR count). The monoisotopic (exact) mass is 220 g/mol. The van der Waals surface area contributed by atoms with Crippen LogP contribution < -0.4 is 0 Å². The summed E-state index contributed by atoms with van der Waals surface area (Å²) in [5.41, 5.74) is -0.0598. The van der Waals surface area contributed by atoms with Crippen LogP contribution in [0.1, 0.15) is 39.0 Å². The van der Waals surface area contributed by atoms with Crippen LogP contribution >= 0.6 is 0 Å². The van der Waals surface area contributed by atoms with E-state index in [1.54, 1.807) is 0 Å². The van der Waals surface area contributed by atoms with Gasteiger partial charge in [-0.25, -0.2) is 0 Å². The molecule has 0 aromatic carbocycles. The predicted octanol–water partition coefficient (Wildman–Crippen LogP) is 1.50. The van der Waals surface area contributed by atoms with Crippen LogP contribution in [0.2, 0.25) is 0 Å². The zero-order valence-corrected chi connectivity index (χ0v) is 9.66. The molecular formula is C12H17BO3. The summed E-state index contributed by atoms with van der Waals surface area (Å²) in [5.74, 6) is 0.479. The van der Waals surface area contributed by atoms with Crippen LogP contribution in [-0.4, -0.2) is 23.5 Å². The Bertz CT molecular complexity index is 380. The third-order valence-corrected chi connectivity index (χ3v) is 5.09. The van der Waals surface area contributed by atoms with Crippen molar-refractivity contribution < 1.29 is 14.5 Å². The van der Waals surface area contributed by atoms with Gasteiger partial charge in [-0.3, -0.25) is 4.79 Å². The van der Waals surface area contributed by atoms with Crippen molar-refractivity contribution in [2.75, 3.05) is 0 Å². The minimum absolute atomic E-state index is 0.174. The van der Waals surface area contributed by atoms with Gasteiger partial charge >= 0.3 is 7.12 Å². The van der Waals surface area contributed by atoms with E-state index in [0.717, 1.165) is 31.2 Å². The molecule has 2 aliphatic carbocycles. The van der Waals surface area contributed by atoms with Crippen molar-refractivity contribution in [1.29, 1.82) is 0 Å². The second kappa shape index (κ2) is 2.99. The molecule has 16 heavy (non-hydrogen) atoms. The van der Waals surface area contributed by atoms with Gasteiger partial charge < -0.3 is 9.68 Å². The molecule has 4 heteroatoms. The summed E-state index contributed by atoms with van der Waals surface area (Å²) >= 11 is 0. The third-order valence-electron chi connectivity index (χ3n) is 5.09. The van der Waals surface area contributed by atoms with Gasteiger partial charge in [0.15, 0.2) is 0 Å². The Labute approximate surface area is 96.0 Å². The Morgan fingerprint density at radius 2 is 2.31 bits per heavy atom. The normalized spacial score (nSPS) is 47.1. The molecule has 0 bridgehead atoms. The van der Waals surface area contributed by atoms with E-state index < -0.39 is 18.1 Å². The number of hydrogen-bond donors (Lipinski definition) is 1. The molecule has 3 atom stereocenters. The number of carbonyl (C=O) groups is 1. The molecule has 0 amide bonds. The lowest BCUT2D eigenvalue weighted by molar-refractivity contribution is -0.140. The minimum atomic E-state index is -0.867. The molecule has 1 heterocycles. The van der Waals surface area contributed by atoms with Crippen molar-refractivity contribution in [3.05, 3.63) is 12.1 Å². The largest absolute Gasteiger partial charge is 0.487 e. The first-order chi connectivity index (χ1) is 7.51. The van der Waals surface area contributed by atoms with E-state index in [1.165, 1.54) is 0 Å². The van der Waals surface area contributed by atoms with E-state index in [4.69, 9.17) is 4.65 Å². The van der Waals surface area contributed by atoms with Crippen LogP contribution in [0.3, 0.4) is 0 Å². The molecule has 2 saturated carbocycles. The van der Waals surface area contributed by atoms with Crippen molar-refractivity contribution in [1.82, 2.24) is 0 Å². The Balaban J connectivity index is 2.11. The highest BCUT2D eigenvalue weighted by atomic mass is 16.5. The highest BCUT2D eigenvalue weighted by molar-refractivity contribution is 6.53. The van der Waals surface area contributed by atoms with Gasteiger partial charge in [-0.05, 0) is 31.7 Å². The fraction of sp³-hybridized carbons (Fsp3) is 0.750. The van der Waals surface area contributed by atoms with E-state index in [9.17, 15) is 9.82 Å². The van der Waals surface area contributed by atoms with E-state index in [1.807, 2.05) is 6.92 Å².